The number of ether oxygens (including phenoxy) is 1. The summed E-state index contributed by atoms with van der Waals surface area (Å²) < 4.78 is 83.9. The van der Waals surface area contributed by atoms with Gasteiger partial charge in [0.15, 0.2) is 0 Å². The summed E-state index contributed by atoms with van der Waals surface area (Å²) in [6.45, 7) is 5.96. The molecule has 1 aliphatic carbocycles. The minimum atomic E-state index is -5.01. The number of rotatable bonds is 5. The molecule has 0 bridgehead atoms. The molecule has 2 aliphatic rings. The van der Waals surface area contributed by atoms with Gasteiger partial charge in [0.25, 0.3) is 0 Å². The van der Waals surface area contributed by atoms with Crippen molar-refractivity contribution in [3.05, 3.63) is 29.3 Å². The van der Waals surface area contributed by atoms with Gasteiger partial charge >= 0.3 is 18.4 Å². The summed E-state index contributed by atoms with van der Waals surface area (Å²) in [6.07, 6.45) is -6.81. The third kappa shape index (κ3) is 9.02. The van der Waals surface area contributed by atoms with Crippen molar-refractivity contribution in [1.29, 1.82) is 0 Å². The number of alkyl halides is 6. The molecule has 2 fully saturated rings. The maximum absolute atomic E-state index is 13.3. The summed E-state index contributed by atoms with van der Waals surface area (Å²) >= 11 is 0. The molecule has 224 valence electrons. The molecule has 1 saturated heterocycles. The van der Waals surface area contributed by atoms with Gasteiger partial charge in [-0.25, -0.2) is 4.79 Å². The van der Waals surface area contributed by atoms with Crippen molar-refractivity contribution in [2.75, 3.05) is 18.4 Å². The molecular weight excluding hydrogens is 544 g/mol. The number of amides is 3. The van der Waals surface area contributed by atoms with E-state index in [4.69, 9.17) is 4.74 Å². The molecule has 2 unspecified atom stereocenters. The van der Waals surface area contributed by atoms with Crippen molar-refractivity contribution in [3.8, 4) is 0 Å². The van der Waals surface area contributed by atoms with E-state index >= 15 is 0 Å². The molecule has 0 spiro atoms. The summed E-state index contributed by atoms with van der Waals surface area (Å²) in [4.78, 5) is 39.8. The Bertz CT molecular complexity index is 1040. The van der Waals surface area contributed by atoms with Crippen molar-refractivity contribution in [1.82, 2.24) is 10.2 Å². The van der Waals surface area contributed by atoms with Crippen LogP contribution in [-0.2, 0) is 26.7 Å². The van der Waals surface area contributed by atoms with Crippen molar-refractivity contribution < 1.29 is 45.5 Å². The standard InChI is InChI=1S/C27H35F6N3O4/c1-25(2,3)40-24(39)35-21-7-5-4-6-20(21)23(38)36-10-8-16(9-11-36)12-22(37)34-19-14-17(26(28,29)30)13-18(15-19)27(31,32)33/h13-16,20-21H,4-12H2,1-3H3,(H,34,37)(H,35,39). The van der Waals surface area contributed by atoms with Crippen LogP contribution in [0.3, 0.4) is 0 Å². The van der Waals surface area contributed by atoms with E-state index in [1.54, 1.807) is 25.7 Å². The highest BCUT2D eigenvalue weighted by atomic mass is 19.4. The lowest BCUT2D eigenvalue weighted by Crippen LogP contribution is -2.51. The fraction of sp³-hybridized carbons (Fsp3) is 0.667. The molecule has 13 heteroatoms. The maximum Gasteiger partial charge on any atom is 0.416 e. The summed E-state index contributed by atoms with van der Waals surface area (Å²) in [6, 6.07) is 0.594. The van der Waals surface area contributed by atoms with Gasteiger partial charge in [0.2, 0.25) is 11.8 Å². The quantitative estimate of drug-likeness (QED) is 0.397. The second-order valence-electron chi connectivity index (χ2n) is 11.5. The summed E-state index contributed by atoms with van der Waals surface area (Å²) in [5.41, 5.74) is -4.27. The number of nitrogens with zero attached hydrogens (tertiary/aromatic N) is 1. The van der Waals surface area contributed by atoms with Gasteiger partial charge in [-0.1, -0.05) is 12.8 Å². The number of hydrogen-bond donors (Lipinski definition) is 2. The first-order valence-electron chi connectivity index (χ1n) is 13.3. The fourth-order valence-corrected chi connectivity index (χ4v) is 5.15. The molecule has 1 saturated carbocycles. The second-order valence-corrected chi connectivity index (χ2v) is 11.5. The number of nitrogens with one attached hydrogen (secondary N) is 2. The van der Waals surface area contributed by atoms with Gasteiger partial charge in [-0.05, 0) is 70.6 Å². The van der Waals surface area contributed by atoms with E-state index < -0.39 is 52.7 Å². The van der Waals surface area contributed by atoms with Gasteiger partial charge in [-0.2, -0.15) is 26.3 Å². The first-order chi connectivity index (χ1) is 18.4. The van der Waals surface area contributed by atoms with Crippen LogP contribution in [0.5, 0.6) is 0 Å². The largest absolute Gasteiger partial charge is 0.444 e. The minimum absolute atomic E-state index is 0.00228. The number of anilines is 1. The lowest BCUT2D eigenvalue weighted by molar-refractivity contribution is -0.143. The molecule has 40 heavy (non-hydrogen) atoms. The molecule has 1 aromatic carbocycles. The van der Waals surface area contributed by atoms with Crippen molar-refractivity contribution in [3.63, 3.8) is 0 Å². The fourth-order valence-electron chi connectivity index (χ4n) is 5.15. The summed E-state index contributed by atoms with van der Waals surface area (Å²) in [7, 11) is 0. The average molecular weight is 580 g/mol. The van der Waals surface area contributed by atoms with Crippen molar-refractivity contribution in [2.24, 2.45) is 11.8 Å². The van der Waals surface area contributed by atoms with Gasteiger partial charge in [0, 0.05) is 31.2 Å². The Kier molecular flexibility index (Phi) is 9.66. The highest BCUT2D eigenvalue weighted by Crippen LogP contribution is 2.38. The average Bonchev–Trinajstić information content (AvgIpc) is 2.82. The Morgan fingerprint density at radius 2 is 1.43 bits per heavy atom. The van der Waals surface area contributed by atoms with Crippen LogP contribution in [0.25, 0.3) is 0 Å². The predicted octanol–water partition coefficient (Wildman–Crippen LogP) is 6.37. The summed E-state index contributed by atoms with van der Waals surface area (Å²) in [5.74, 6) is -1.39. The van der Waals surface area contributed by atoms with E-state index in [9.17, 15) is 40.7 Å². The van der Waals surface area contributed by atoms with E-state index in [1.165, 1.54) is 0 Å². The molecule has 1 heterocycles. The van der Waals surface area contributed by atoms with E-state index in [0.717, 1.165) is 12.8 Å². The highest BCUT2D eigenvalue weighted by Gasteiger charge is 2.38. The monoisotopic (exact) mass is 579 g/mol. The molecule has 2 atom stereocenters. The number of hydrogen-bond acceptors (Lipinski definition) is 4. The van der Waals surface area contributed by atoms with Crippen LogP contribution in [0.15, 0.2) is 18.2 Å². The number of alkyl carbamates (subject to hydrolysis) is 1. The van der Waals surface area contributed by atoms with Crippen LogP contribution in [-0.4, -0.2) is 47.5 Å². The molecule has 2 N–H and O–H groups in total. The maximum atomic E-state index is 13.3. The van der Waals surface area contributed by atoms with Crippen LogP contribution >= 0.6 is 0 Å². The first-order valence-corrected chi connectivity index (χ1v) is 13.3. The van der Waals surface area contributed by atoms with E-state index in [-0.39, 0.29) is 30.4 Å². The number of halogens is 6. The Morgan fingerprint density at radius 3 is 1.95 bits per heavy atom. The van der Waals surface area contributed by atoms with Gasteiger partial charge in [0.1, 0.15) is 5.60 Å². The molecular formula is C27H35F6N3O4. The van der Waals surface area contributed by atoms with Crippen LogP contribution in [0, 0.1) is 11.8 Å². The zero-order valence-corrected chi connectivity index (χ0v) is 22.7. The Labute approximate surface area is 229 Å². The van der Waals surface area contributed by atoms with Crippen LogP contribution < -0.4 is 10.6 Å². The zero-order chi connectivity index (χ0) is 29.9. The SMILES string of the molecule is CC(C)(C)OC(=O)NC1CCCCC1C(=O)N1CCC(CC(=O)Nc2cc(C(F)(F)F)cc(C(F)(F)F)c2)CC1. The smallest absolute Gasteiger partial charge is 0.416 e. The summed E-state index contributed by atoms with van der Waals surface area (Å²) in [5, 5.41) is 5.00. The molecule has 1 aromatic rings. The van der Waals surface area contributed by atoms with Gasteiger partial charge in [-0.15, -0.1) is 0 Å². The second kappa shape index (κ2) is 12.3. The predicted molar refractivity (Wildman–Crippen MR) is 134 cm³/mol. The Morgan fingerprint density at radius 1 is 0.875 bits per heavy atom. The molecule has 0 radical (unpaired) electrons. The Hall–Kier alpha value is -2.99. The molecule has 3 amide bonds. The van der Waals surface area contributed by atoms with Gasteiger partial charge < -0.3 is 20.3 Å². The lowest BCUT2D eigenvalue weighted by Gasteiger charge is -2.38. The number of likely N-dealkylation sites (tertiary alicyclic amines) is 1. The molecule has 7 nitrogen and oxygen atoms in total. The minimum Gasteiger partial charge on any atom is -0.444 e. The van der Waals surface area contributed by atoms with Crippen LogP contribution in [0.4, 0.5) is 36.8 Å². The number of carbonyl (C=O) groups is 3. The third-order valence-electron chi connectivity index (χ3n) is 7.06. The molecule has 0 aromatic heterocycles. The van der Waals surface area contributed by atoms with Crippen molar-refractivity contribution in [2.45, 2.75) is 89.7 Å². The van der Waals surface area contributed by atoms with Gasteiger partial charge in [-0.3, -0.25) is 9.59 Å². The number of piperidine rings is 1. The Balaban J connectivity index is 1.55. The normalized spacial score (nSPS) is 21.1. The first kappa shape index (κ1) is 31.5. The van der Waals surface area contributed by atoms with E-state index in [0.29, 0.717) is 50.9 Å². The number of benzene rings is 1. The molecule has 3 rings (SSSR count). The topological polar surface area (TPSA) is 87.7 Å². The third-order valence-corrected chi connectivity index (χ3v) is 7.06. The van der Waals surface area contributed by atoms with Crippen LogP contribution in [0.1, 0.15) is 76.8 Å². The van der Waals surface area contributed by atoms with Crippen LogP contribution in [0.2, 0.25) is 0 Å². The van der Waals surface area contributed by atoms with Crippen molar-refractivity contribution >= 4 is 23.6 Å². The van der Waals surface area contributed by atoms with Gasteiger partial charge in [0.05, 0.1) is 17.0 Å². The van der Waals surface area contributed by atoms with E-state index in [2.05, 4.69) is 10.6 Å². The number of carbonyl (C=O) groups excluding carboxylic acids is 3. The van der Waals surface area contributed by atoms with E-state index in [1.807, 2.05) is 0 Å². The highest BCUT2D eigenvalue weighted by molar-refractivity contribution is 5.91. The lowest BCUT2D eigenvalue weighted by atomic mass is 9.82. The zero-order valence-electron chi connectivity index (χ0n) is 22.7. The molecule has 1 aliphatic heterocycles.